The smallest absolute Gasteiger partial charge is 0.000394 e. The monoisotopic (exact) mass is 232 g/mol. The summed E-state index contributed by atoms with van der Waals surface area (Å²) in [6.07, 6.45) is 1.15. The van der Waals surface area contributed by atoms with Gasteiger partial charge in [-0.3, -0.25) is 0 Å². The fourth-order valence-electron chi connectivity index (χ4n) is 2.31. The molecule has 0 spiro atoms. The molecule has 2 nitrogen and oxygen atoms in total. The number of hydrogen-bond acceptors (Lipinski definition) is 2. The zero-order valence-electron chi connectivity index (χ0n) is 11.3. The van der Waals surface area contributed by atoms with Crippen molar-refractivity contribution in [1.82, 2.24) is 10.6 Å². The van der Waals surface area contributed by atoms with E-state index < -0.39 is 0 Å². The van der Waals surface area contributed by atoms with Crippen molar-refractivity contribution in [3.63, 3.8) is 0 Å². The molecule has 0 aromatic heterocycles. The number of rotatable bonds is 5. The van der Waals surface area contributed by atoms with Gasteiger partial charge in [0.25, 0.3) is 0 Å². The first-order valence-corrected chi connectivity index (χ1v) is 6.65. The molecule has 1 heterocycles. The van der Waals surface area contributed by atoms with Crippen LogP contribution in [-0.4, -0.2) is 26.2 Å². The van der Waals surface area contributed by atoms with Gasteiger partial charge < -0.3 is 10.6 Å². The molecule has 0 unspecified atom stereocenters. The minimum absolute atomic E-state index is 0.857. The number of nitrogens with one attached hydrogen (secondary N) is 2. The standard InChI is InChI=1S/C15H24N2/c1-11-4-5-15(13(3)12(11)2)6-7-16-8-14-9-17-10-14/h4-5,14,16-17H,6-10H2,1-3H3. The molecule has 1 aromatic carbocycles. The van der Waals surface area contributed by atoms with E-state index in [-0.39, 0.29) is 0 Å². The highest BCUT2D eigenvalue weighted by atomic mass is 15.0. The van der Waals surface area contributed by atoms with Crippen molar-refractivity contribution < 1.29 is 0 Å². The summed E-state index contributed by atoms with van der Waals surface area (Å²) in [5, 5.41) is 6.86. The Morgan fingerprint density at radius 1 is 1.18 bits per heavy atom. The molecule has 1 aromatic rings. The first-order chi connectivity index (χ1) is 8.18. The fourth-order valence-corrected chi connectivity index (χ4v) is 2.31. The molecule has 1 fully saturated rings. The summed E-state index contributed by atoms with van der Waals surface area (Å²) in [4.78, 5) is 0. The van der Waals surface area contributed by atoms with E-state index >= 15 is 0 Å². The lowest BCUT2D eigenvalue weighted by molar-refractivity contribution is 0.333. The van der Waals surface area contributed by atoms with Crippen molar-refractivity contribution in [1.29, 1.82) is 0 Å². The molecule has 0 radical (unpaired) electrons. The summed E-state index contributed by atoms with van der Waals surface area (Å²) in [7, 11) is 0. The SMILES string of the molecule is Cc1ccc(CCNCC2CNC2)c(C)c1C. The molecule has 1 saturated heterocycles. The minimum Gasteiger partial charge on any atom is -0.316 e. The van der Waals surface area contributed by atoms with Crippen molar-refractivity contribution in [3.8, 4) is 0 Å². The van der Waals surface area contributed by atoms with Crippen LogP contribution in [0.5, 0.6) is 0 Å². The van der Waals surface area contributed by atoms with Gasteiger partial charge in [-0.1, -0.05) is 12.1 Å². The molecular weight excluding hydrogens is 208 g/mol. The van der Waals surface area contributed by atoms with Crippen LogP contribution in [0.25, 0.3) is 0 Å². The summed E-state index contributed by atoms with van der Waals surface area (Å²) in [6, 6.07) is 4.53. The fraction of sp³-hybridized carbons (Fsp3) is 0.600. The largest absolute Gasteiger partial charge is 0.316 e. The minimum atomic E-state index is 0.857. The Labute approximate surface area is 105 Å². The summed E-state index contributed by atoms with van der Waals surface area (Å²) in [5.74, 6) is 0.857. The van der Waals surface area contributed by atoms with E-state index in [9.17, 15) is 0 Å². The van der Waals surface area contributed by atoms with Crippen LogP contribution in [0, 0.1) is 26.7 Å². The molecule has 1 aliphatic heterocycles. The Hall–Kier alpha value is -0.860. The predicted molar refractivity (Wildman–Crippen MR) is 73.6 cm³/mol. The van der Waals surface area contributed by atoms with Crippen LogP contribution in [-0.2, 0) is 6.42 Å². The average Bonchev–Trinajstić information content (AvgIpc) is 2.26. The van der Waals surface area contributed by atoms with Crippen molar-refractivity contribution >= 4 is 0 Å². The van der Waals surface area contributed by atoms with E-state index in [4.69, 9.17) is 0 Å². The van der Waals surface area contributed by atoms with E-state index in [0.717, 1.165) is 25.4 Å². The molecule has 2 heteroatoms. The van der Waals surface area contributed by atoms with Crippen LogP contribution in [0.4, 0.5) is 0 Å². The van der Waals surface area contributed by atoms with Gasteiger partial charge in [0.05, 0.1) is 0 Å². The van der Waals surface area contributed by atoms with E-state index in [1.54, 1.807) is 0 Å². The Kier molecular flexibility index (Phi) is 4.19. The molecule has 0 atom stereocenters. The first kappa shape index (κ1) is 12.6. The third-order valence-corrected chi connectivity index (χ3v) is 4.04. The van der Waals surface area contributed by atoms with Gasteiger partial charge in [0, 0.05) is 19.6 Å². The Morgan fingerprint density at radius 2 is 1.94 bits per heavy atom. The van der Waals surface area contributed by atoms with Gasteiger partial charge in [-0.05, 0) is 61.9 Å². The lowest BCUT2D eigenvalue weighted by Gasteiger charge is -2.27. The maximum atomic E-state index is 3.56. The number of aryl methyl sites for hydroxylation is 1. The van der Waals surface area contributed by atoms with Crippen molar-refractivity contribution in [2.24, 2.45) is 5.92 Å². The topological polar surface area (TPSA) is 24.1 Å². The molecular formula is C15H24N2. The zero-order chi connectivity index (χ0) is 12.3. The molecule has 1 aliphatic rings. The summed E-state index contributed by atoms with van der Waals surface area (Å²) < 4.78 is 0. The van der Waals surface area contributed by atoms with Crippen LogP contribution in [0.1, 0.15) is 22.3 Å². The van der Waals surface area contributed by atoms with Gasteiger partial charge in [0.1, 0.15) is 0 Å². The Bertz CT molecular complexity index is 381. The molecule has 0 saturated carbocycles. The van der Waals surface area contributed by atoms with Crippen LogP contribution in [0.15, 0.2) is 12.1 Å². The van der Waals surface area contributed by atoms with Crippen LogP contribution in [0.3, 0.4) is 0 Å². The highest BCUT2D eigenvalue weighted by molar-refractivity contribution is 5.38. The molecule has 17 heavy (non-hydrogen) atoms. The van der Waals surface area contributed by atoms with E-state index in [1.165, 1.54) is 35.3 Å². The molecule has 0 bridgehead atoms. The molecule has 94 valence electrons. The number of hydrogen-bond donors (Lipinski definition) is 2. The van der Waals surface area contributed by atoms with Gasteiger partial charge in [-0.25, -0.2) is 0 Å². The van der Waals surface area contributed by atoms with Crippen molar-refractivity contribution in [3.05, 3.63) is 34.4 Å². The van der Waals surface area contributed by atoms with E-state index in [0.29, 0.717) is 0 Å². The van der Waals surface area contributed by atoms with Gasteiger partial charge in [0.15, 0.2) is 0 Å². The second kappa shape index (κ2) is 5.65. The molecule has 0 amide bonds. The van der Waals surface area contributed by atoms with Crippen LogP contribution < -0.4 is 10.6 Å². The summed E-state index contributed by atoms with van der Waals surface area (Å²) >= 11 is 0. The second-order valence-corrected chi connectivity index (χ2v) is 5.27. The normalized spacial score (nSPS) is 15.9. The van der Waals surface area contributed by atoms with Gasteiger partial charge in [-0.2, -0.15) is 0 Å². The predicted octanol–water partition coefficient (Wildman–Crippen LogP) is 1.96. The van der Waals surface area contributed by atoms with Gasteiger partial charge in [0.2, 0.25) is 0 Å². The average molecular weight is 232 g/mol. The van der Waals surface area contributed by atoms with Crippen LogP contribution in [0.2, 0.25) is 0 Å². The Balaban J connectivity index is 1.80. The van der Waals surface area contributed by atoms with Gasteiger partial charge >= 0.3 is 0 Å². The summed E-state index contributed by atoms with van der Waals surface area (Å²) in [6.45, 7) is 11.3. The lowest BCUT2D eigenvalue weighted by Crippen LogP contribution is -2.47. The maximum absolute atomic E-state index is 3.56. The highest BCUT2D eigenvalue weighted by Crippen LogP contribution is 2.17. The first-order valence-electron chi connectivity index (χ1n) is 6.65. The lowest BCUT2D eigenvalue weighted by atomic mass is 9.97. The molecule has 2 rings (SSSR count). The molecule has 0 aliphatic carbocycles. The number of benzene rings is 1. The Morgan fingerprint density at radius 3 is 2.59 bits per heavy atom. The molecule has 2 N–H and O–H groups in total. The van der Waals surface area contributed by atoms with E-state index in [2.05, 4.69) is 43.5 Å². The van der Waals surface area contributed by atoms with Crippen molar-refractivity contribution in [2.75, 3.05) is 26.2 Å². The zero-order valence-corrected chi connectivity index (χ0v) is 11.3. The van der Waals surface area contributed by atoms with Crippen LogP contribution >= 0.6 is 0 Å². The second-order valence-electron chi connectivity index (χ2n) is 5.27. The maximum Gasteiger partial charge on any atom is 0.000394 e. The third-order valence-electron chi connectivity index (χ3n) is 4.04. The van der Waals surface area contributed by atoms with E-state index in [1.807, 2.05) is 0 Å². The third kappa shape index (κ3) is 3.08. The summed E-state index contributed by atoms with van der Waals surface area (Å²) in [5.41, 5.74) is 5.81. The quantitative estimate of drug-likeness (QED) is 0.758. The highest BCUT2D eigenvalue weighted by Gasteiger charge is 2.15. The van der Waals surface area contributed by atoms with Gasteiger partial charge in [-0.15, -0.1) is 0 Å². The van der Waals surface area contributed by atoms with Crippen molar-refractivity contribution in [2.45, 2.75) is 27.2 Å².